The Balaban J connectivity index is 1.25. The van der Waals surface area contributed by atoms with Gasteiger partial charge in [0.1, 0.15) is 17.0 Å². The van der Waals surface area contributed by atoms with E-state index < -0.39 is 0 Å². The summed E-state index contributed by atoms with van der Waals surface area (Å²) in [5, 5.41) is 4.64. The first-order valence-corrected chi connectivity index (χ1v) is 12.5. The predicted molar refractivity (Wildman–Crippen MR) is 133 cm³/mol. The number of nitrogens with zero attached hydrogens (tertiary/aromatic N) is 5. The van der Waals surface area contributed by atoms with Gasteiger partial charge in [0.15, 0.2) is 0 Å². The molecule has 0 saturated carbocycles. The topological polar surface area (TPSA) is 73.7 Å². The standard InChI is InChI=1S/C25H28N6OS/c1-30(2)19-7-8-31(13-19)25(32)15-4-6-20-21(10-15)33-24-22(20)23(27-14-28-24)29-18-5-3-16-11-26-12-17(16)9-18/h3,5,9,12,14-15,19H,4,6-8,10-11,13H2,1-2H3,(H,27,28,29). The molecular weight excluding hydrogens is 432 g/mol. The molecule has 1 fully saturated rings. The molecule has 3 aromatic rings. The van der Waals surface area contributed by atoms with Crippen molar-refractivity contribution in [3.63, 3.8) is 0 Å². The van der Waals surface area contributed by atoms with Crippen LogP contribution in [0.5, 0.6) is 0 Å². The first-order chi connectivity index (χ1) is 16.1. The van der Waals surface area contributed by atoms with Crippen molar-refractivity contribution in [1.29, 1.82) is 0 Å². The van der Waals surface area contributed by atoms with Crippen LogP contribution in [-0.2, 0) is 24.2 Å². The van der Waals surface area contributed by atoms with Crippen LogP contribution in [0.3, 0.4) is 0 Å². The summed E-state index contributed by atoms with van der Waals surface area (Å²) in [5.41, 5.74) is 4.75. The van der Waals surface area contributed by atoms with Crippen LogP contribution in [0.1, 0.15) is 34.4 Å². The van der Waals surface area contributed by atoms with Gasteiger partial charge in [-0.05, 0) is 68.6 Å². The zero-order valence-electron chi connectivity index (χ0n) is 19.0. The van der Waals surface area contributed by atoms with Gasteiger partial charge in [-0.1, -0.05) is 6.07 Å². The lowest BCUT2D eigenvalue weighted by atomic mass is 9.87. The maximum atomic E-state index is 13.3. The van der Waals surface area contributed by atoms with Crippen molar-refractivity contribution in [2.24, 2.45) is 10.9 Å². The van der Waals surface area contributed by atoms with Gasteiger partial charge in [-0.25, -0.2) is 9.97 Å². The van der Waals surface area contributed by atoms with Gasteiger partial charge >= 0.3 is 0 Å². The Morgan fingerprint density at radius 1 is 1.24 bits per heavy atom. The molecule has 1 N–H and O–H groups in total. The minimum atomic E-state index is 0.0758. The molecule has 2 aliphatic heterocycles. The molecule has 7 nitrogen and oxygen atoms in total. The summed E-state index contributed by atoms with van der Waals surface area (Å²) in [4.78, 5) is 33.4. The van der Waals surface area contributed by atoms with Gasteiger partial charge in [-0.2, -0.15) is 0 Å². The van der Waals surface area contributed by atoms with E-state index in [0.717, 1.165) is 72.6 Å². The highest BCUT2D eigenvalue weighted by atomic mass is 32.1. The number of aliphatic imine (C=N–C) groups is 1. The van der Waals surface area contributed by atoms with Crippen LogP contribution in [0.25, 0.3) is 10.2 Å². The van der Waals surface area contributed by atoms with Gasteiger partial charge in [-0.3, -0.25) is 9.79 Å². The van der Waals surface area contributed by atoms with Crippen LogP contribution < -0.4 is 5.32 Å². The molecule has 8 heteroatoms. The van der Waals surface area contributed by atoms with E-state index in [4.69, 9.17) is 0 Å². The third-order valence-corrected chi connectivity index (χ3v) is 8.46. The van der Waals surface area contributed by atoms with Crippen LogP contribution in [0, 0.1) is 5.92 Å². The second-order valence-corrected chi connectivity index (χ2v) is 10.6. The largest absolute Gasteiger partial charge is 0.341 e. The third kappa shape index (κ3) is 3.71. The van der Waals surface area contributed by atoms with Crippen molar-refractivity contribution in [3.05, 3.63) is 46.1 Å². The van der Waals surface area contributed by atoms with Gasteiger partial charge in [-0.15, -0.1) is 11.3 Å². The van der Waals surface area contributed by atoms with Gasteiger partial charge in [0.05, 0.1) is 11.9 Å². The van der Waals surface area contributed by atoms with E-state index in [0.29, 0.717) is 11.9 Å². The number of fused-ring (bicyclic) bond motifs is 4. The van der Waals surface area contributed by atoms with E-state index >= 15 is 0 Å². The molecule has 0 bridgehead atoms. The molecule has 1 amide bonds. The number of thiophene rings is 1. The van der Waals surface area contributed by atoms with Crippen molar-refractivity contribution in [3.8, 4) is 0 Å². The highest BCUT2D eigenvalue weighted by Crippen LogP contribution is 2.41. The van der Waals surface area contributed by atoms with Crippen molar-refractivity contribution in [1.82, 2.24) is 19.8 Å². The number of hydrogen-bond donors (Lipinski definition) is 1. The van der Waals surface area contributed by atoms with Gasteiger partial charge in [0, 0.05) is 41.8 Å². The number of likely N-dealkylation sites (tertiary alicyclic amines) is 1. The zero-order chi connectivity index (χ0) is 22.5. The fourth-order valence-corrected chi connectivity index (χ4v) is 6.62. The van der Waals surface area contributed by atoms with Crippen LogP contribution in [0.15, 0.2) is 29.5 Å². The molecule has 1 saturated heterocycles. The highest BCUT2D eigenvalue weighted by Gasteiger charge is 2.35. The summed E-state index contributed by atoms with van der Waals surface area (Å²) in [6.45, 7) is 2.49. The number of anilines is 2. The summed E-state index contributed by atoms with van der Waals surface area (Å²) in [6.07, 6.45) is 7.24. The molecule has 33 heavy (non-hydrogen) atoms. The Kier molecular flexibility index (Phi) is 5.14. The number of aryl methyl sites for hydroxylation is 1. The maximum absolute atomic E-state index is 13.3. The van der Waals surface area contributed by atoms with E-state index in [1.165, 1.54) is 16.0 Å². The minimum absolute atomic E-state index is 0.0758. The molecular formula is C25H28N6OS. The Hall–Kier alpha value is -2.84. The summed E-state index contributed by atoms with van der Waals surface area (Å²) in [5.74, 6) is 1.25. The Labute approximate surface area is 197 Å². The summed E-state index contributed by atoms with van der Waals surface area (Å²) in [6, 6.07) is 6.82. The molecule has 4 heterocycles. The smallest absolute Gasteiger partial charge is 0.226 e. The first kappa shape index (κ1) is 20.7. The Morgan fingerprint density at radius 3 is 3.00 bits per heavy atom. The van der Waals surface area contributed by atoms with Crippen LogP contribution in [-0.4, -0.2) is 65.1 Å². The SMILES string of the molecule is CN(C)C1CCN(C(=O)C2CCc3c(sc4ncnc(Nc5ccc6c(c5)C=NC6)c34)C2)C1. The molecule has 6 rings (SSSR count). The molecule has 3 aliphatic rings. The van der Waals surface area contributed by atoms with E-state index in [9.17, 15) is 4.79 Å². The Bertz CT molecular complexity index is 1270. The predicted octanol–water partition coefficient (Wildman–Crippen LogP) is 3.63. The van der Waals surface area contributed by atoms with E-state index in [1.54, 1.807) is 17.7 Å². The number of benzene rings is 1. The second-order valence-electron chi connectivity index (χ2n) is 9.54. The van der Waals surface area contributed by atoms with Crippen molar-refractivity contribution in [2.75, 3.05) is 32.5 Å². The summed E-state index contributed by atoms with van der Waals surface area (Å²) < 4.78 is 0. The molecule has 2 unspecified atom stereocenters. The monoisotopic (exact) mass is 460 g/mol. The number of nitrogens with one attached hydrogen (secondary N) is 1. The normalized spacial score (nSPS) is 21.6. The molecule has 1 aromatic carbocycles. The molecule has 170 valence electrons. The quantitative estimate of drug-likeness (QED) is 0.644. The van der Waals surface area contributed by atoms with Gasteiger partial charge in [0.2, 0.25) is 5.91 Å². The summed E-state index contributed by atoms with van der Waals surface area (Å²) in [7, 11) is 4.21. The fraction of sp³-hybridized carbons (Fsp3) is 0.440. The molecule has 0 radical (unpaired) electrons. The number of aromatic nitrogens is 2. The van der Waals surface area contributed by atoms with Gasteiger partial charge < -0.3 is 15.1 Å². The van der Waals surface area contributed by atoms with E-state index in [1.807, 2.05) is 6.21 Å². The van der Waals surface area contributed by atoms with Gasteiger partial charge in [0.25, 0.3) is 0 Å². The van der Waals surface area contributed by atoms with Crippen molar-refractivity contribution < 1.29 is 4.79 Å². The molecule has 0 spiro atoms. The van der Waals surface area contributed by atoms with Crippen LogP contribution >= 0.6 is 11.3 Å². The maximum Gasteiger partial charge on any atom is 0.226 e. The molecule has 2 aromatic heterocycles. The van der Waals surface area contributed by atoms with Crippen molar-refractivity contribution >= 4 is 45.2 Å². The Morgan fingerprint density at radius 2 is 2.15 bits per heavy atom. The molecule has 1 aliphatic carbocycles. The summed E-state index contributed by atoms with van der Waals surface area (Å²) >= 11 is 1.72. The first-order valence-electron chi connectivity index (χ1n) is 11.7. The number of rotatable bonds is 4. The van der Waals surface area contributed by atoms with E-state index in [-0.39, 0.29) is 5.92 Å². The van der Waals surface area contributed by atoms with Crippen molar-refractivity contribution in [2.45, 2.75) is 38.3 Å². The zero-order valence-corrected chi connectivity index (χ0v) is 19.9. The minimum Gasteiger partial charge on any atom is -0.341 e. The second kappa shape index (κ2) is 8.18. The molecule has 2 atom stereocenters. The lowest BCUT2D eigenvalue weighted by Crippen LogP contribution is -2.39. The third-order valence-electron chi connectivity index (χ3n) is 7.30. The number of carbonyl (C=O) groups excluding carboxylic acids is 1. The van der Waals surface area contributed by atoms with Crippen LogP contribution in [0.4, 0.5) is 11.5 Å². The number of carbonyl (C=O) groups is 1. The highest BCUT2D eigenvalue weighted by molar-refractivity contribution is 7.19. The lowest BCUT2D eigenvalue weighted by Gasteiger charge is -2.27. The average molecular weight is 461 g/mol. The number of amides is 1. The lowest BCUT2D eigenvalue weighted by molar-refractivity contribution is -0.134. The number of likely N-dealkylation sites (N-methyl/N-ethyl adjacent to an activating group) is 1. The van der Waals surface area contributed by atoms with Crippen LogP contribution in [0.2, 0.25) is 0 Å². The fourth-order valence-electron chi connectivity index (χ4n) is 5.35. The number of hydrogen-bond acceptors (Lipinski definition) is 7. The van der Waals surface area contributed by atoms with E-state index in [2.05, 4.69) is 62.4 Å². The average Bonchev–Trinajstić information content (AvgIpc) is 3.55.